The van der Waals surface area contributed by atoms with Gasteiger partial charge in [-0.05, 0) is 30.7 Å². The van der Waals surface area contributed by atoms with Gasteiger partial charge in [-0.2, -0.15) is 0 Å². The van der Waals surface area contributed by atoms with Gasteiger partial charge in [0.05, 0.1) is 16.8 Å². The molecule has 2 rings (SSSR count). The Balaban J connectivity index is 2.29. The summed E-state index contributed by atoms with van der Waals surface area (Å²) in [7, 11) is 2.01. The molecule has 94 valence electrons. The highest BCUT2D eigenvalue weighted by molar-refractivity contribution is 6.33. The zero-order chi connectivity index (χ0) is 13.1. The van der Waals surface area contributed by atoms with Crippen LogP contribution in [0.5, 0.6) is 0 Å². The normalized spacial score (nSPS) is 12.2. The molecule has 0 fully saturated rings. The fraction of sp³-hybridized carbons (Fsp3) is 0.214. The lowest BCUT2D eigenvalue weighted by Gasteiger charge is -2.28. The van der Waals surface area contributed by atoms with Crippen LogP contribution in [0.15, 0.2) is 42.7 Å². The van der Waals surface area contributed by atoms with Crippen LogP contribution < -0.4 is 10.6 Å². The molecule has 0 saturated carbocycles. The van der Waals surface area contributed by atoms with E-state index < -0.39 is 0 Å². The van der Waals surface area contributed by atoms with Crippen LogP contribution >= 0.6 is 11.6 Å². The summed E-state index contributed by atoms with van der Waals surface area (Å²) >= 11 is 6.15. The Morgan fingerprint density at radius 3 is 2.78 bits per heavy atom. The first-order valence-electron chi connectivity index (χ1n) is 5.77. The molecule has 18 heavy (non-hydrogen) atoms. The monoisotopic (exact) mass is 261 g/mol. The number of rotatable bonds is 3. The van der Waals surface area contributed by atoms with E-state index >= 15 is 0 Å². The van der Waals surface area contributed by atoms with Gasteiger partial charge in [-0.25, -0.2) is 0 Å². The first kappa shape index (κ1) is 12.7. The molecule has 2 N–H and O–H groups in total. The summed E-state index contributed by atoms with van der Waals surface area (Å²) < 4.78 is 0. The topological polar surface area (TPSA) is 42.1 Å². The van der Waals surface area contributed by atoms with Gasteiger partial charge in [0.25, 0.3) is 0 Å². The quantitative estimate of drug-likeness (QED) is 0.860. The van der Waals surface area contributed by atoms with Gasteiger partial charge >= 0.3 is 0 Å². The fourth-order valence-electron chi connectivity index (χ4n) is 1.90. The predicted molar refractivity (Wildman–Crippen MR) is 76.9 cm³/mol. The van der Waals surface area contributed by atoms with E-state index in [0.717, 1.165) is 16.9 Å². The first-order valence-corrected chi connectivity index (χ1v) is 6.15. The van der Waals surface area contributed by atoms with Gasteiger partial charge in [0.2, 0.25) is 0 Å². The summed E-state index contributed by atoms with van der Waals surface area (Å²) in [6.45, 7) is 2.12. The molecule has 0 spiro atoms. The van der Waals surface area contributed by atoms with Crippen molar-refractivity contribution in [2.75, 3.05) is 17.7 Å². The molecule has 0 saturated heterocycles. The SMILES string of the molecule is CC(c1cccc(N)c1)N(C)c1ccncc1Cl. The average molecular weight is 262 g/mol. The van der Waals surface area contributed by atoms with Crippen LogP contribution in [0.3, 0.4) is 0 Å². The Morgan fingerprint density at radius 1 is 1.33 bits per heavy atom. The molecule has 0 bridgehead atoms. The molecule has 2 aromatic rings. The van der Waals surface area contributed by atoms with Crippen molar-refractivity contribution in [3.05, 3.63) is 53.3 Å². The van der Waals surface area contributed by atoms with Gasteiger partial charge in [-0.3, -0.25) is 4.98 Å². The Labute approximate surface area is 112 Å². The van der Waals surface area contributed by atoms with Gasteiger partial charge in [-0.1, -0.05) is 23.7 Å². The molecule has 1 aromatic carbocycles. The molecule has 3 nitrogen and oxygen atoms in total. The Kier molecular flexibility index (Phi) is 3.72. The summed E-state index contributed by atoms with van der Waals surface area (Å²) in [5, 5.41) is 0.649. The minimum Gasteiger partial charge on any atom is -0.399 e. The van der Waals surface area contributed by atoms with Crippen LogP contribution in [0.2, 0.25) is 5.02 Å². The number of hydrogen-bond donors (Lipinski definition) is 1. The number of nitrogen functional groups attached to an aromatic ring is 1. The molecule has 1 aromatic heterocycles. The van der Waals surface area contributed by atoms with Crippen LogP contribution in [0.1, 0.15) is 18.5 Å². The number of halogens is 1. The Bertz CT molecular complexity index is 542. The molecule has 0 aliphatic carbocycles. The second kappa shape index (κ2) is 5.27. The van der Waals surface area contributed by atoms with Gasteiger partial charge in [0.1, 0.15) is 0 Å². The summed E-state index contributed by atoms with van der Waals surface area (Å²) in [5.74, 6) is 0. The zero-order valence-electron chi connectivity index (χ0n) is 10.5. The third-order valence-electron chi connectivity index (χ3n) is 3.11. The number of aromatic nitrogens is 1. The third-order valence-corrected chi connectivity index (χ3v) is 3.40. The fourth-order valence-corrected chi connectivity index (χ4v) is 2.16. The minimum absolute atomic E-state index is 0.188. The van der Waals surface area contributed by atoms with Gasteiger partial charge in [0.15, 0.2) is 0 Å². The molecule has 0 aliphatic heterocycles. The highest BCUT2D eigenvalue weighted by Crippen LogP contribution is 2.30. The minimum atomic E-state index is 0.188. The van der Waals surface area contributed by atoms with E-state index in [9.17, 15) is 0 Å². The first-order chi connectivity index (χ1) is 8.59. The van der Waals surface area contributed by atoms with Crippen LogP contribution in [0.25, 0.3) is 0 Å². The maximum Gasteiger partial charge on any atom is 0.0822 e. The van der Waals surface area contributed by atoms with E-state index in [0.29, 0.717) is 5.02 Å². The number of benzene rings is 1. The largest absolute Gasteiger partial charge is 0.399 e. The van der Waals surface area contributed by atoms with E-state index in [4.69, 9.17) is 17.3 Å². The maximum absolute atomic E-state index is 6.15. The predicted octanol–water partition coefficient (Wildman–Crippen LogP) is 3.51. The Morgan fingerprint density at radius 2 is 2.11 bits per heavy atom. The smallest absolute Gasteiger partial charge is 0.0822 e. The third kappa shape index (κ3) is 2.57. The molecular weight excluding hydrogens is 246 g/mol. The van der Waals surface area contributed by atoms with Crippen molar-refractivity contribution in [2.45, 2.75) is 13.0 Å². The van der Waals surface area contributed by atoms with Crippen LogP contribution in [0, 0.1) is 0 Å². The van der Waals surface area contributed by atoms with Crippen molar-refractivity contribution >= 4 is 23.0 Å². The van der Waals surface area contributed by atoms with Crippen LogP contribution in [0.4, 0.5) is 11.4 Å². The molecule has 1 heterocycles. The van der Waals surface area contributed by atoms with Crippen molar-refractivity contribution in [1.82, 2.24) is 4.98 Å². The van der Waals surface area contributed by atoms with Crippen molar-refractivity contribution in [3.8, 4) is 0 Å². The maximum atomic E-state index is 6.15. The average Bonchev–Trinajstić information content (AvgIpc) is 2.37. The summed E-state index contributed by atoms with van der Waals surface area (Å²) in [6, 6.07) is 9.99. The lowest BCUT2D eigenvalue weighted by molar-refractivity contribution is 0.739. The summed E-state index contributed by atoms with van der Waals surface area (Å²) in [5.41, 5.74) is 8.70. The van der Waals surface area contributed by atoms with Crippen molar-refractivity contribution in [3.63, 3.8) is 0 Å². The lowest BCUT2D eigenvalue weighted by atomic mass is 10.1. The van der Waals surface area contributed by atoms with Gasteiger partial charge in [0, 0.05) is 25.1 Å². The second-order valence-corrected chi connectivity index (χ2v) is 4.69. The molecular formula is C14H16ClN3. The van der Waals surface area contributed by atoms with E-state index in [1.54, 1.807) is 12.4 Å². The summed E-state index contributed by atoms with van der Waals surface area (Å²) in [6.07, 6.45) is 3.39. The number of anilines is 2. The van der Waals surface area contributed by atoms with Crippen molar-refractivity contribution < 1.29 is 0 Å². The number of nitrogens with zero attached hydrogens (tertiary/aromatic N) is 2. The summed E-state index contributed by atoms with van der Waals surface area (Å²) in [4.78, 5) is 6.10. The van der Waals surface area contributed by atoms with E-state index in [1.807, 2.05) is 31.3 Å². The zero-order valence-corrected chi connectivity index (χ0v) is 11.2. The molecule has 1 unspecified atom stereocenters. The standard InChI is InChI=1S/C14H16ClN3/c1-10(11-4-3-5-12(16)8-11)18(2)14-6-7-17-9-13(14)15/h3-10H,16H2,1-2H3. The van der Waals surface area contributed by atoms with Crippen LogP contribution in [-0.4, -0.2) is 12.0 Å². The molecule has 1 atom stereocenters. The molecule has 0 aliphatic rings. The number of hydrogen-bond acceptors (Lipinski definition) is 3. The van der Waals surface area contributed by atoms with E-state index in [1.165, 1.54) is 0 Å². The molecule has 0 radical (unpaired) electrons. The van der Waals surface area contributed by atoms with Crippen LogP contribution in [-0.2, 0) is 0 Å². The van der Waals surface area contributed by atoms with E-state index in [-0.39, 0.29) is 6.04 Å². The Hall–Kier alpha value is -1.74. The van der Waals surface area contributed by atoms with Crippen molar-refractivity contribution in [2.24, 2.45) is 0 Å². The van der Waals surface area contributed by atoms with Gasteiger partial charge in [-0.15, -0.1) is 0 Å². The molecule has 0 amide bonds. The van der Waals surface area contributed by atoms with Crippen molar-refractivity contribution in [1.29, 1.82) is 0 Å². The molecule has 4 heteroatoms. The van der Waals surface area contributed by atoms with Gasteiger partial charge < -0.3 is 10.6 Å². The highest BCUT2D eigenvalue weighted by atomic mass is 35.5. The number of pyridine rings is 1. The highest BCUT2D eigenvalue weighted by Gasteiger charge is 2.14. The van der Waals surface area contributed by atoms with E-state index in [2.05, 4.69) is 22.9 Å². The number of nitrogens with two attached hydrogens (primary N) is 1. The second-order valence-electron chi connectivity index (χ2n) is 4.28. The lowest BCUT2D eigenvalue weighted by Crippen LogP contribution is -2.22.